The SMILES string of the molecule is CCCCCCCCCCCCCCCC(O)OC(O)CCCCCCCCCCCCCCC.OCC(O)CO. The third-order valence-electron chi connectivity index (χ3n) is 7.84. The van der Waals surface area contributed by atoms with E-state index >= 15 is 0 Å². The quantitative estimate of drug-likeness (QED) is 0.0395. The van der Waals surface area contributed by atoms with Crippen LogP contribution in [-0.2, 0) is 4.74 Å². The predicted octanol–water partition coefficient (Wildman–Crippen LogP) is 8.93. The van der Waals surface area contributed by atoms with Gasteiger partial charge in [0.05, 0.1) is 13.2 Å². The van der Waals surface area contributed by atoms with Crippen molar-refractivity contribution in [2.45, 2.75) is 212 Å². The second-order valence-corrected chi connectivity index (χ2v) is 12.1. The van der Waals surface area contributed by atoms with Crippen LogP contribution >= 0.6 is 0 Å². The van der Waals surface area contributed by atoms with Crippen molar-refractivity contribution in [2.75, 3.05) is 13.2 Å². The van der Waals surface area contributed by atoms with Gasteiger partial charge in [-0.1, -0.05) is 168 Å². The summed E-state index contributed by atoms with van der Waals surface area (Å²) < 4.78 is 5.38. The smallest absolute Gasteiger partial charge is 0.157 e. The fraction of sp³-hybridized carbons (Fsp3) is 1.00. The second-order valence-electron chi connectivity index (χ2n) is 12.1. The van der Waals surface area contributed by atoms with E-state index in [0.29, 0.717) is 12.8 Å². The van der Waals surface area contributed by atoms with Gasteiger partial charge >= 0.3 is 0 Å². The van der Waals surface area contributed by atoms with Crippen LogP contribution in [0, 0.1) is 0 Å². The van der Waals surface area contributed by atoms with Crippen molar-refractivity contribution in [3.8, 4) is 0 Å². The fourth-order valence-corrected chi connectivity index (χ4v) is 5.05. The molecule has 6 nitrogen and oxygen atoms in total. The first-order valence-corrected chi connectivity index (χ1v) is 17.9. The van der Waals surface area contributed by atoms with E-state index in [1.165, 1.54) is 141 Å². The molecule has 250 valence electrons. The van der Waals surface area contributed by atoms with Gasteiger partial charge in [0.1, 0.15) is 6.10 Å². The van der Waals surface area contributed by atoms with Crippen LogP contribution in [0.1, 0.15) is 194 Å². The first-order chi connectivity index (χ1) is 20.0. The molecule has 0 spiro atoms. The highest BCUT2D eigenvalue weighted by molar-refractivity contribution is 4.53. The lowest BCUT2D eigenvalue weighted by atomic mass is 10.0. The lowest BCUT2D eigenvalue weighted by Gasteiger charge is -2.17. The van der Waals surface area contributed by atoms with Crippen molar-refractivity contribution in [1.82, 2.24) is 0 Å². The Hall–Kier alpha value is -0.240. The van der Waals surface area contributed by atoms with Crippen molar-refractivity contribution >= 4 is 0 Å². The Morgan fingerprint density at radius 1 is 0.366 bits per heavy atom. The predicted molar refractivity (Wildman–Crippen MR) is 174 cm³/mol. The molecule has 0 fully saturated rings. The van der Waals surface area contributed by atoms with E-state index in [4.69, 9.17) is 20.1 Å². The van der Waals surface area contributed by atoms with E-state index in [2.05, 4.69) is 13.8 Å². The molecule has 0 aromatic carbocycles. The summed E-state index contributed by atoms with van der Waals surface area (Å²) in [5, 5.41) is 44.1. The molecule has 0 rings (SSSR count). The average Bonchev–Trinajstić information content (AvgIpc) is 2.97. The van der Waals surface area contributed by atoms with Gasteiger partial charge in [0.2, 0.25) is 0 Å². The van der Waals surface area contributed by atoms with Gasteiger partial charge in [-0.05, 0) is 25.7 Å². The van der Waals surface area contributed by atoms with Gasteiger partial charge in [0.25, 0.3) is 0 Å². The summed E-state index contributed by atoms with van der Waals surface area (Å²) in [6.45, 7) is 3.82. The van der Waals surface area contributed by atoms with Crippen LogP contribution in [-0.4, -0.2) is 57.4 Å². The molecule has 2 unspecified atom stereocenters. The Bertz CT molecular complexity index is 412. The zero-order valence-corrected chi connectivity index (χ0v) is 27.6. The summed E-state index contributed by atoms with van der Waals surface area (Å²) in [7, 11) is 0. The molecule has 0 bridgehead atoms. The average molecular weight is 591 g/mol. The van der Waals surface area contributed by atoms with E-state index in [1.807, 2.05) is 0 Å². The van der Waals surface area contributed by atoms with Crippen molar-refractivity contribution in [3.63, 3.8) is 0 Å². The molecule has 2 atom stereocenters. The maximum atomic E-state index is 10.0. The molecule has 0 radical (unpaired) electrons. The van der Waals surface area contributed by atoms with Gasteiger partial charge in [0, 0.05) is 0 Å². The number of hydrogen-bond donors (Lipinski definition) is 5. The minimum Gasteiger partial charge on any atom is -0.394 e. The topological polar surface area (TPSA) is 110 Å². The second kappa shape index (κ2) is 37.8. The Morgan fingerprint density at radius 3 is 0.780 bits per heavy atom. The molecule has 0 aliphatic rings. The molecule has 0 aromatic rings. The van der Waals surface area contributed by atoms with E-state index in [9.17, 15) is 10.2 Å². The number of aliphatic hydroxyl groups is 5. The number of unbranched alkanes of at least 4 members (excludes halogenated alkanes) is 24. The zero-order chi connectivity index (χ0) is 30.7. The van der Waals surface area contributed by atoms with Crippen LogP contribution in [0.3, 0.4) is 0 Å². The molecular weight excluding hydrogens is 516 g/mol. The van der Waals surface area contributed by atoms with Gasteiger partial charge in [-0.2, -0.15) is 0 Å². The zero-order valence-electron chi connectivity index (χ0n) is 27.6. The highest BCUT2D eigenvalue weighted by Crippen LogP contribution is 2.16. The molecule has 41 heavy (non-hydrogen) atoms. The van der Waals surface area contributed by atoms with Crippen molar-refractivity contribution in [1.29, 1.82) is 0 Å². The molecule has 0 amide bonds. The summed E-state index contributed by atoms with van der Waals surface area (Å²) in [5.74, 6) is 0. The maximum absolute atomic E-state index is 10.0. The van der Waals surface area contributed by atoms with Gasteiger partial charge in [0.15, 0.2) is 12.6 Å². The summed E-state index contributed by atoms with van der Waals surface area (Å²) in [6.07, 6.45) is 33.2. The first-order valence-electron chi connectivity index (χ1n) is 17.9. The lowest BCUT2D eigenvalue weighted by Crippen LogP contribution is -2.21. The standard InChI is InChI=1S/C32H66O3.C3H8O3/c1-3-5-7-9-11-13-15-17-19-21-23-25-27-29-31(33)35-32(34)30-28-26-24-22-20-18-16-14-12-10-8-6-4-2;4-1-3(6)2-5/h31-34H,3-30H2,1-2H3;3-6H,1-2H2. The number of rotatable bonds is 32. The van der Waals surface area contributed by atoms with E-state index in [0.717, 1.165) is 25.7 Å². The van der Waals surface area contributed by atoms with Gasteiger partial charge in [-0.25, -0.2) is 0 Å². The van der Waals surface area contributed by atoms with Crippen LogP contribution in [0.4, 0.5) is 0 Å². The largest absolute Gasteiger partial charge is 0.394 e. The Labute approximate surface area is 255 Å². The summed E-state index contributed by atoms with van der Waals surface area (Å²) >= 11 is 0. The third-order valence-corrected chi connectivity index (χ3v) is 7.84. The number of aliphatic hydroxyl groups excluding tert-OH is 5. The molecule has 5 N–H and O–H groups in total. The van der Waals surface area contributed by atoms with Gasteiger partial charge in [-0.15, -0.1) is 0 Å². The first kappa shape index (κ1) is 42.9. The minimum absolute atomic E-state index is 0.365. The number of hydrogen-bond acceptors (Lipinski definition) is 6. The fourth-order valence-electron chi connectivity index (χ4n) is 5.05. The normalized spacial score (nSPS) is 12.9. The molecule has 0 saturated heterocycles. The maximum Gasteiger partial charge on any atom is 0.157 e. The van der Waals surface area contributed by atoms with Gasteiger partial charge in [-0.3, -0.25) is 0 Å². The van der Waals surface area contributed by atoms with Gasteiger partial charge < -0.3 is 30.3 Å². The van der Waals surface area contributed by atoms with Crippen molar-refractivity contribution < 1.29 is 30.3 Å². The molecule has 0 saturated carbocycles. The molecule has 0 heterocycles. The molecule has 0 aliphatic heterocycles. The third kappa shape index (κ3) is 39.8. The van der Waals surface area contributed by atoms with Crippen LogP contribution in [0.15, 0.2) is 0 Å². The van der Waals surface area contributed by atoms with Crippen molar-refractivity contribution in [3.05, 3.63) is 0 Å². The Morgan fingerprint density at radius 2 is 0.585 bits per heavy atom. The highest BCUT2D eigenvalue weighted by atomic mass is 16.7. The minimum atomic E-state index is -0.954. The van der Waals surface area contributed by atoms with Crippen LogP contribution in [0.5, 0.6) is 0 Å². The lowest BCUT2D eigenvalue weighted by molar-refractivity contribution is -0.212. The van der Waals surface area contributed by atoms with Crippen LogP contribution < -0.4 is 0 Å². The Balaban J connectivity index is 0. The summed E-state index contributed by atoms with van der Waals surface area (Å²) in [6, 6.07) is 0. The molecule has 6 heteroatoms. The van der Waals surface area contributed by atoms with Crippen molar-refractivity contribution in [2.24, 2.45) is 0 Å². The monoisotopic (exact) mass is 591 g/mol. The highest BCUT2D eigenvalue weighted by Gasteiger charge is 2.11. The Kier molecular flexibility index (Phi) is 39.5. The molecular formula is C35H74O6. The molecule has 0 aromatic heterocycles. The van der Waals surface area contributed by atoms with Crippen LogP contribution in [0.2, 0.25) is 0 Å². The summed E-state index contributed by atoms with van der Waals surface area (Å²) in [4.78, 5) is 0. The van der Waals surface area contributed by atoms with E-state index < -0.39 is 18.7 Å². The molecule has 0 aliphatic carbocycles. The van der Waals surface area contributed by atoms with Crippen LogP contribution in [0.25, 0.3) is 0 Å². The van der Waals surface area contributed by atoms with E-state index in [1.54, 1.807) is 0 Å². The summed E-state index contributed by atoms with van der Waals surface area (Å²) in [5.41, 5.74) is 0. The van der Waals surface area contributed by atoms with E-state index in [-0.39, 0.29) is 13.2 Å². The number of ether oxygens (including phenoxy) is 1.